The van der Waals surface area contributed by atoms with E-state index in [1.165, 1.54) is 19.3 Å². The van der Waals surface area contributed by atoms with Crippen molar-refractivity contribution in [1.29, 1.82) is 0 Å². The summed E-state index contributed by atoms with van der Waals surface area (Å²) in [5.74, 6) is -1.71. The fourth-order valence-corrected chi connectivity index (χ4v) is 2.46. The van der Waals surface area contributed by atoms with Gasteiger partial charge in [-0.3, -0.25) is 0 Å². The molecule has 6 heteroatoms. The van der Waals surface area contributed by atoms with E-state index in [-0.39, 0.29) is 0 Å². The minimum atomic E-state index is -1.11. The van der Waals surface area contributed by atoms with Gasteiger partial charge in [-0.1, -0.05) is 18.2 Å². The Labute approximate surface area is 150 Å². The standard InChI is InChI=1S/C20H18O6/c1-26-17-5-3-2-4-16(17)20(25)15-11-13(6-8-18(21)22)10-14(12-15)7-9-19(23)24/h2-12,20,25H,1H3,(H,21,22)(H,23,24). The first-order valence-electron chi connectivity index (χ1n) is 7.68. The minimum absolute atomic E-state index is 0.479. The third-order valence-electron chi connectivity index (χ3n) is 3.59. The predicted molar refractivity (Wildman–Crippen MR) is 96.8 cm³/mol. The number of hydrogen-bond donors (Lipinski definition) is 3. The lowest BCUT2D eigenvalue weighted by Crippen LogP contribution is -2.03. The van der Waals surface area contributed by atoms with Gasteiger partial charge in [-0.15, -0.1) is 0 Å². The van der Waals surface area contributed by atoms with E-state index in [1.54, 1.807) is 42.5 Å². The minimum Gasteiger partial charge on any atom is -0.496 e. The van der Waals surface area contributed by atoms with E-state index >= 15 is 0 Å². The van der Waals surface area contributed by atoms with Gasteiger partial charge < -0.3 is 20.1 Å². The molecule has 134 valence electrons. The molecule has 0 aliphatic heterocycles. The molecule has 6 nitrogen and oxygen atoms in total. The molecule has 0 saturated heterocycles. The summed E-state index contributed by atoms with van der Waals surface area (Å²) < 4.78 is 5.26. The average Bonchev–Trinajstić information content (AvgIpc) is 2.63. The molecule has 0 aliphatic carbocycles. The molecule has 0 saturated carbocycles. The number of carboxylic acid groups (broad SMARTS) is 2. The Kier molecular flexibility index (Phi) is 6.30. The lowest BCUT2D eigenvalue weighted by molar-refractivity contribution is -0.132. The van der Waals surface area contributed by atoms with Crippen LogP contribution in [0.3, 0.4) is 0 Å². The lowest BCUT2D eigenvalue weighted by Gasteiger charge is -2.16. The number of carboxylic acids is 2. The van der Waals surface area contributed by atoms with Gasteiger partial charge in [0.25, 0.3) is 0 Å². The summed E-state index contributed by atoms with van der Waals surface area (Å²) in [7, 11) is 1.50. The van der Waals surface area contributed by atoms with Crippen LogP contribution in [-0.4, -0.2) is 34.4 Å². The zero-order valence-electron chi connectivity index (χ0n) is 14.0. The molecule has 2 aromatic rings. The van der Waals surface area contributed by atoms with Crippen LogP contribution in [0.25, 0.3) is 12.2 Å². The largest absolute Gasteiger partial charge is 0.496 e. The summed E-state index contributed by atoms with van der Waals surface area (Å²) in [6.45, 7) is 0. The highest BCUT2D eigenvalue weighted by Gasteiger charge is 2.16. The molecule has 1 unspecified atom stereocenters. The fourth-order valence-electron chi connectivity index (χ4n) is 2.46. The average molecular weight is 354 g/mol. The van der Waals surface area contributed by atoms with Crippen LogP contribution in [0.2, 0.25) is 0 Å². The van der Waals surface area contributed by atoms with Crippen molar-refractivity contribution in [3.8, 4) is 5.75 Å². The second-order valence-corrected chi connectivity index (χ2v) is 5.42. The molecule has 1 atom stereocenters. The van der Waals surface area contributed by atoms with Gasteiger partial charge in [0.05, 0.1) is 7.11 Å². The molecule has 0 aromatic heterocycles. The van der Waals surface area contributed by atoms with E-state index in [0.29, 0.717) is 28.0 Å². The maximum atomic E-state index is 10.8. The molecule has 0 bridgehead atoms. The van der Waals surface area contributed by atoms with Crippen LogP contribution in [0.5, 0.6) is 5.75 Å². The molecule has 26 heavy (non-hydrogen) atoms. The van der Waals surface area contributed by atoms with Crippen LogP contribution in [0.1, 0.15) is 28.4 Å². The number of rotatable bonds is 7. The zero-order chi connectivity index (χ0) is 19.1. The number of aliphatic hydroxyl groups is 1. The van der Waals surface area contributed by atoms with E-state index in [9.17, 15) is 14.7 Å². The number of aliphatic carboxylic acids is 2. The zero-order valence-corrected chi connectivity index (χ0v) is 14.0. The number of benzene rings is 2. The van der Waals surface area contributed by atoms with Crippen molar-refractivity contribution in [2.45, 2.75) is 6.10 Å². The molecule has 2 rings (SSSR count). The summed E-state index contributed by atoms with van der Waals surface area (Å²) in [6, 6.07) is 11.9. The monoisotopic (exact) mass is 354 g/mol. The highest BCUT2D eigenvalue weighted by Crippen LogP contribution is 2.31. The Bertz CT molecular complexity index is 824. The summed E-state index contributed by atoms with van der Waals surface area (Å²) >= 11 is 0. The number of hydrogen-bond acceptors (Lipinski definition) is 4. The molecule has 2 aromatic carbocycles. The van der Waals surface area contributed by atoms with Crippen LogP contribution in [0.15, 0.2) is 54.6 Å². The summed E-state index contributed by atoms with van der Waals surface area (Å²) in [6.07, 6.45) is 3.66. The fraction of sp³-hybridized carbons (Fsp3) is 0.100. The second-order valence-electron chi connectivity index (χ2n) is 5.42. The Balaban J connectivity index is 2.51. The Morgan fingerprint density at radius 2 is 1.50 bits per heavy atom. The van der Waals surface area contributed by atoms with Gasteiger partial charge in [0, 0.05) is 17.7 Å². The van der Waals surface area contributed by atoms with Gasteiger partial charge in [0.2, 0.25) is 0 Å². The van der Waals surface area contributed by atoms with Crippen LogP contribution >= 0.6 is 0 Å². The number of aliphatic hydroxyl groups excluding tert-OH is 1. The van der Waals surface area contributed by atoms with Crippen LogP contribution in [0.4, 0.5) is 0 Å². The number of para-hydroxylation sites is 1. The molecule has 0 spiro atoms. The van der Waals surface area contributed by atoms with E-state index in [2.05, 4.69) is 0 Å². The van der Waals surface area contributed by atoms with E-state index in [0.717, 1.165) is 12.2 Å². The van der Waals surface area contributed by atoms with Crippen molar-refractivity contribution in [2.24, 2.45) is 0 Å². The van der Waals surface area contributed by atoms with Crippen molar-refractivity contribution >= 4 is 24.1 Å². The van der Waals surface area contributed by atoms with Crippen molar-refractivity contribution in [2.75, 3.05) is 7.11 Å². The SMILES string of the molecule is COc1ccccc1C(O)c1cc(C=CC(=O)O)cc(C=CC(=O)O)c1. The van der Waals surface area contributed by atoms with E-state index < -0.39 is 18.0 Å². The second kappa shape index (κ2) is 8.64. The molecule has 0 amide bonds. The third kappa shape index (κ3) is 5.06. The van der Waals surface area contributed by atoms with Crippen LogP contribution in [-0.2, 0) is 9.59 Å². The van der Waals surface area contributed by atoms with Crippen molar-refractivity contribution < 1.29 is 29.6 Å². The third-order valence-corrected chi connectivity index (χ3v) is 3.59. The normalized spacial score (nSPS) is 12.4. The highest BCUT2D eigenvalue weighted by atomic mass is 16.5. The van der Waals surface area contributed by atoms with E-state index in [4.69, 9.17) is 14.9 Å². The molecule has 3 N–H and O–H groups in total. The maximum Gasteiger partial charge on any atom is 0.328 e. The first-order valence-corrected chi connectivity index (χ1v) is 7.68. The first kappa shape index (κ1) is 19.0. The van der Waals surface area contributed by atoms with Crippen LogP contribution < -0.4 is 4.74 Å². The lowest BCUT2D eigenvalue weighted by atomic mass is 9.96. The quantitative estimate of drug-likeness (QED) is 0.661. The van der Waals surface area contributed by atoms with Gasteiger partial charge >= 0.3 is 11.9 Å². The summed E-state index contributed by atoms with van der Waals surface area (Å²) in [5.41, 5.74) is 2.06. The molecule has 0 heterocycles. The van der Waals surface area contributed by atoms with Gasteiger partial charge in [0.15, 0.2) is 0 Å². The molecule has 0 aliphatic rings. The first-order chi connectivity index (χ1) is 12.4. The molecular weight excluding hydrogens is 336 g/mol. The summed E-state index contributed by atoms with van der Waals surface area (Å²) in [4.78, 5) is 21.5. The van der Waals surface area contributed by atoms with E-state index in [1.807, 2.05) is 0 Å². The van der Waals surface area contributed by atoms with Crippen molar-refractivity contribution in [1.82, 2.24) is 0 Å². The van der Waals surface area contributed by atoms with Crippen molar-refractivity contribution in [3.05, 3.63) is 76.9 Å². The van der Waals surface area contributed by atoms with Gasteiger partial charge in [-0.25, -0.2) is 9.59 Å². The number of ether oxygens (including phenoxy) is 1. The van der Waals surface area contributed by atoms with Crippen LogP contribution in [0, 0.1) is 0 Å². The Morgan fingerprint density at radius 1 is 0.962 bits per heavy atom. The predicted octanol–water partition coefficient (Wildman–Crippen LogP) is 2.97. The van der Waals surface area contributed by atoms with Gasteiger partial charge in [-0.05, 0) is 53.1 Å². The summed E-state index contributed by atoms with van der Waals surface area (Å²) in [5, 5.41) is 28.3. The smallest absolute Gasteiger partial charge is 0.328 e. The Morgan fingerprint density at radius 3 is 2.00 bits per heavy atom. The maximum absolute atomic E-state index is 10.8. The molecule has 0 radical (unpaired) electrons. The Hall–Kier alpha value is -3.38. The highest BCUT2D eigenvalue weighted by molar-refractivity contribution is 5.87. The topological polar surface area (TPSA) is 104 Å². The number of methoxy groups -OCH3 is 1. The number of carbonyl (C=O) groups is 2. The van der Waals surface area contributed by atoms with Gasteiger partial charge in [-0.2, -0.15) is 0 Å². The van der Waals surface area contributed by atoms with Gasteiger partial charge in [0.1, 0.15) is 11.9 Å². The van der Waals surface area contributed by atoms with Crippen molar-refractivity contribution in [3.63, 3.8) is 0 Å². The molecular formula is C20H18O6. The molecule has 0 fully saturated rings.